The zero-order valence-electron chi connectivity index (χ0n) is 11.4. The summed E-state index contributed by atoms with van der Waals surface area (Å²) in [5.41, 5.74) is 1.06. The van der Waals surface area contributed by atoms with Crippen LogP contribution in [0.5, 0.6) is 0 Å². The SMILES string of the molecule is CCC(C)NCC(O)COCc1ccc(Cl)cc1.[Cl-]. The Morgan fingerprint density at radius 2 is 1.95 bits per heavy atom. The van der Waals surface area contributed by atoms with Gasteiger partial charge < -0.3 is 27.6 Å². The molecule has 0 aromatic heterocycles. The molecule has 1 aromatic carbocycles. The molecule has 0 bridgehead atoms. The van der Waals surface area contributed by atoms with Gasteiger partial charge in [-0.3, -0.25) is 0 Å². The van der Waals surface area contributed by atoms with Crippen molar-refractivity contribution in [3.63, 3.8) is 0 Å². The molecular weight excluding hydrogens is 285 g/mol. The van der Waals surface area contributed by atoms with Crippen LogP contribution in [0.1, 0.15) is 25.8 Å². The van der Waals surface area contributed by atoms with E-state index in [1.807, 2.05) is 24.3 Å². The van der Waals surface area contributed by atoms with Gasteiger partial charge in [0.05, 0.1) is 19.3 Å². The molecule has 0 radical (unpaired) electrons. The van der Waals surface area contributed by atoms with Crippen molar-refractivity contribution in [2.24, 2.45) is 0 Å². The summed E-state index contributed by atoms with van der Waals surface area (Å²) in [7, 11) is 0. The summed E-state index contributed by atoms with van der Waals surface area (Å²) in [6.45, 7) is 5.61. The van der Waals surface area contributed by atoms with E-state index >= 15 is 0 Å². The van der Waals surface area contributed by atoms with Gasteiger partial charge in [0, 0.05) is 17.6 Å². The minimum absolute atomic E-state index is 0. The molecule has 0 heterocycles. The van der Waals surface area contributed by atoms with E-state index in [0.717, 1.165) is 17.0 Å². The largest absolute Gasteiger partial charge is 1.00 e. The summed E-state index contributed by atoms with van der Waals surface area (Å²) in [5, 5.41) is 13.7. The number of nitrogens with one attached hydrogen (secondary N) is 1. The van der Waals surface area contributed by atoms with Gasteiger partial charge in [0.15, 0.2) is 0 Å². The number of halogens is 2. The Bertz CT molecular complexity index is 333. The molecule has 0 saturated carbocycles. The highest BCUT2D eigenvalue weighted by Crippen LogP contribution is 2.10. The molecule has 1 aromatic rings. The number of benzene rings is 1. The predicted octanol–water partition coefficient (Wildman–Crippen LogP) is -0.390. The first-order valence-electron chi connectivity index (χ1n) is 6.35. The highest BCUT2D eigenvalue weighted by Gasteiger charge is 2.06. The van der Waals surface area contributed by atoms with E-state index in [1.54, 1.807) is 0 Å². The van der Waals surface area contributed by atoms with E-state index in [1.165, 1.54) is 0 Å². The lowest BCUT2D eigenvalue weighted by Gasteiger charge is -2.15. The Hall–Kier alpha value is -0.320. The van der Waals surface area contributed by atoms with E-state index in [4.69, 9.17) is 16.3 Å². The van der Waals surface area contributed by atoms with Crippen LogP contribution in [0.2, 0.25) is 5.02 Å². The van der Waals surface area contributed by atoms with Gasteiger partial charge in [-0.25, -0.2) is 0 Å². The Kier molecular flexibility index (Phi) is 10.3. The summed E-state index contributed by atoms with van der Waals surface area (Å²) in [6.07, 6.45) is 0.588. The number of hydrogen-bond acceptors (Lipinski definition) is 3. The molecule has 5 heteroatoms. The lowest BCUT2D eigenvalue weighted by Crippen LogP contribution is -3.00. The average Bonchev–Trinajstić information content (AvgIpc) is 2.38. The summed E-state index contributed by atoms with van der Waals surface area (Å²) in [5.74, 6) is 0. The van der Waals surface area contributed by atoms with Crippen molar-refractivity contribution >= 4 is 11.6 Å². The van der Waals surface area contributed by atoms with Gasteiger partial charge in [-0.1, -0.05) is 30.7 Å². The predicted molar refractivity (Wildman–Crippen MR) is 74.9 cm³/mol. The summed E-state index contributed by atoms with van der Waals surface area (Å²) in [4.78, 5) is 0. The third-order valence-corrected chi connectivity index (χ3v) is 3.06. The van der Waals surface area contributed by atoms with Gasteiger partial charge in [-0.15, -0.1) is 0 Å². The topological polar surface area (TPSA) is 41.5 Å². The highest BCUT2D eigenvalue weighted by atomic mass is 35.5. The van der Waals surface area contributed by atoms with Crippen LogP contribution in [0.15, 0.2) is 24.3 Å². The van der Waals surface area contributed by atoms with Crippen LogP contribution in [-0.2, 0) is 11.3 Å². The maximum absolute atomic E-state index is 9.71. The second-order valence-corrected chi connectivity index (χ2v) is 4.95. The van der Waals surface area contributed by atoms with Crippen molar-refractivity contribution in [3.05, 3.63) is 34.9 Å². The molecular formula is C14H22Cl2NO2-. The van der Waals surface area contributed by atoms with Crippen molar-refractivity contribution in [2.75, 3.05) is 13.2 Å². The van der Waals surface area contributed by atoms with Crippen LogP contribution in [0.25, 0.3) is 0 Å². The molecule has 1 rings (SSSR count). The average molecular weight is 307 g/mol. The van der Waals surface area contributed by atoms with Crippen molar-refractivity contribution < 1.29 is 22.3 Å². The van der Waals surface area contributed by atoms with Crippen molar-refractivity contribution in [1.82, 2.24) is 5.32 Å². The molecule has 2 unspecified atom stereocenters. The lowest BCUT2D eigenvalue weighted by atomic mass is 10.2. The van der Waals surface area contributed by atoms with Crippen LogP contribution in [0.4, 0.5) is 0 Å². The number of hydrogen-bond donors (Lipinski definition) is 2. The van der Waals surface area contributed by atoms with Gasteiger partial charge in [0.1, 0.15) is 0 Å². The monoisotopic (exact) mass is 306 g/mol. The van der Waals surface area contributed by atoms with E-state index < -0.39 is 6.10 Å². The molecule has 3 nitrogen and oxygen atoms in total. The van der Waals surface area contributed by atoms with Gasteiger partial charge in [0.25, 0.3) is 0 Å². The first-order valence-corrected chi connectivity index (χ1v) is 6.73. The Morgan fingerprint density at radius 1 is 1.32 bits per heavy atom. The smallest absolute Gasteiger partial charge is 0.0897 e. The number of rotatable bonds is 8. The summed E-state index contributed by atoms with van der Waals surface area (Å²) in [6, 6.07) is 7.94. The fraction of sp³-hybridized carbons (Fsp3) is 0.571. The molecule has 0 aliphatic carbocycles. The van der Waals surface area contributed by atoms with Crippen LogP contribution in [-0.4, -0.2) is 30.4 Å². The summed E-state index contributed by atoms with van der Waals surface area (Å²) >= 11 is 5.79. The van der Waals surface area contributed by atoms with Crippen LogP contribution >= 0.6 is 11.6 Å². The van der Waals surface area contributed by atoms with Crippen molar-refractivity contribution in [1.29, 1.82) is 0 Å². The summed E-state index contributed by atoms with van der Waals surface area (Å²) < 4.78 is 5.45. The molecule has 110 valence electrons. The van der Waals surface area contributed by atoms with Crippen molar-refractivity contribution in [2.45, 2.75) is 39.0 Å². The molecule has 0 fully saturated rings. The molecule has 2 atom stereocenters. The fourth-order valence-corrected chi connectivity index (χ4v) is 1.56. The van der Waals surface area contributed by atoms with E-state index in [-0.39, 0.29) is 12.4 Å². The number of aliphatic hydroxyl groups is 1. The molecule has 0 spiro atoms. The second-order valence-electron chi connectivity index (χ2n) is 4.51. The molecule has 2 N–H and O–H groups in total. The van der Waals surface area contributed by atoms with E-state index in [2.05, 4.69) is 19.2 Å². The molecule has 0 amide bonds. The van der Waals surface area contributed by atoms with Crippen LogP contribution < -0.4 is 17.7 Å². The standard InChI is InChI=1S/C14H22ClNO2.ClH/c1-3-11(2)16-8-14(17)10-18-9-12-4-6-13(15)7-5-12;/h4-7,11,14,16-17H,3,8-10H2,1-2H3;1H/p-1. The highest BCUT2D eigenvalue weighted by molar-refractivity contribution is 6.30. The van der Waals surface area contributed by atoms with E-state index in [0.29, 0.717) is 25.8 Å². The minimum Gasteiger partial charge on any atom is -1.00 e. The first kappa shape index (κ1) is 18.7. The van der Waals surface area contributed by atoms with E-state index in [9.17, 15) is 5.11 Å². The van der Waals surface area contributed by atoms with Crippen LogP contribution in [0, 0.1) is 0 Å². The van der Waals surface area contributed by atoms with Gasteiger partial charge >= 0.3 is 0 Å². The third-order valence-electron chi connectivity index (χ3n) is 2.81. The van der Waals surface area contributed by atoms with Gasteiger partial charge in [0.2, 0.25) is 0 Å². The number of aliphatic hydroxyl groups excluding tert-OH is 1. The second kappa shape index (κ2) is 10.5. The lowest BCUT2D eigenvalue weighted by molar-refractivity contribution is -0.00000604. The fourth-order valence-electron chi connectivity index (χ4n) is 1.43. The van der Waals surface area contributed by atoms with Crippen LogP contribution in [0.3, 0.4) is 0 Å². The Morgan fingerprint density at radius 3 is 2.53 bits per heavy atom. The molecule has 19 heavy (non-hydrogen) atoms. The zero-order valence-corrected chi connectivity index (χ0v) is 12.9. The third kappa shape index (κ3) is 8.45. The minimum atomic E-state index is -0.466. The molecule has 0 aliphatic rings. The zero-order chi connectivity index (χ0) is 13.4. The first-order chi connectivity index (χ1) is 8.61. The molecule has 0 aliphatic heterocycles. The maximum Gasteiger partial charge on any atom is 0.0897 e. The normalized spacial score (nSPS) is 13.7. The molecule has 0 saturated heterocycles. The Balaban J connectivity index is 0.00000324. The van der Waals surface area contributed by atoms with Gasteiger partial charge in [-0.05, 0) is 31.0 Å². The van der Waals surface area contributed by atoms with Crippen molar-refractivity contribution in [3.8, 4) is 0 Å². The maximum atomic E-state index is 9.71. The number of ether oxygens (including phenoxy) is 1. The Labute approximate surface area is 126 Å². The van der Waals surface area contributed by atoms with Gasteiger partial charge in [-0.2, -0.15) is 0 Å². The quantitative estimate of drug-likeness (QED) is 0.687.